The molecule has 0 radical (unpaired) electrons. The first-order chi connectivity index (χ1) is 12.3. The van der Waals surface area contributed by atoms with Gasteiger partial charge in [-0.1, -0.05) is 12.1 Å². The maximum absolute atomic E-state index is 12.5. The highest BCUT2D eigenvalue weighted by Crippen LogP contribution is 2.45. The van der Waals surface area contributed by atoms with Gasteiger partial charge in [0.2, 0.25) is 0 Å². The lowest BCUT2D eigenvalue weighted by molar-refractivity contribution is 0.102. The van der Waals surface area contributed by atoms with E-state index < -0.39 is 0 Å². The molecular formula is C18H23ClN4OS2. The number of hydrogen-bond donors (Lipinski definition) is 2. The van der Waals surface area contributed by atoms with Gasteiger partial charge in [-0.05, 0) is 43.1 Å². The van der Waals surface area contributed by atoms with Crippen LogP contribution in [0.2, 0.25) is 0 Å². The maximum Gasteiger partial charge on any atom is 0.276 e. The maximum atomic E-state index is 12.5. The number of carbonyl (C=O) groups excluding carboxylic acids is 1. The van der Waals surface area contributed by atoms with Crippen molar-refractivity contribution in [1.82, 2.24) is 15.1 Å². The predicted molar refractivity (Wildman–Crippen MR) is 113 cm³/mol. The molecule has 1 atom stereocenters. The normalized spacial score (nSPS) is 20.5. The molecule has 1 amide bonds. The highest BCUT2D eigenvalue weighted by molar-refractivity contribution is 8.19. The number of rotatable bonds is 4. The monoisotopic (exact) mass is 410 g/mol. The smallest absolute Gasteiger partial charge is 0.276 e. The van der Waals surface area contributed by atoms with E-state index >= 15 is 0 Å². The van der Waals surface area contributed by atoms with Gasteiger partial charge in [-0.3, -0.25) is 9.48 Å². The Balaban J connectivity index is 0.00000196. The van der Waals surface area contributed by atoms with Crippen LogP contribution in [0.15, 0.2) is 36.5 Å². The Morgan fingerprint density at radius 2 is 2.12 bits per heavy atom. The van der Waals surface area contributed by atoms with E-state index in [4.69, 9.17) is 0 Å². The zero-order chi connectivity index (χ0) is 17.1. The van der Waals surface area contributed by atoms with Crippen LogP contribution in [0, 0.1) is 0 Å². The third kappa shape index (κ3) is 4.57. The summed E-state index contributed by atoms with van der Waals surface area (Å²) in [6.45, 7) is 1.99. The summed E-state index contributed by atoms with van der Waals surface area (Å²) in [4.78, 5) is 12.5. The van der Waals surface area contributed by atoms with Gasteiger partial charge >= 0.3 is 0 Å². The molecule has 2 aliphatic heterocycles. The average Bonchev–Trinajstić information content (AvgIpc) is 3.35. The number of amides is 1. The molecule has 2 fully saturated rings. The summed E-state index contributed by atoms with van der Waals surface area (Å²) in [5.41, 5.74) is 2.58. The molecular weight excluding hydrogens is 388 g/mol. The van der Waals surface area contributed by atoms with Gasteiger partial charge in [-0.15, -0.1) is 35.9 Å². The highest BCUT2D eigenvalue weighted by atomic mass is 35.5. The fraction of sp³-hybridized carbons (Fsp3) is 0.444. The van der Waals surface area contributed by atoms with Crippen LogP contribution in [0.25, 0.3) is 0 Å². The Morgan fingerprint density at radius 3 is 2.88 bits per heavy atom. The molecule has 2 aliphatic rings. The van der Waals surface area contributed by atoms with Crippen LogP contribution >= 0.6 is 35.9 Å². The molecule has 1 aromatic heterocycles. The van der Waals surface area contributed by atoms with E-state index in [1.807, 2.05) is 46.5 Å². The minimum Gasteiger partial charge on any atom is -0.321 e. The molecule has 1 aromatic carbocycles. The van der Waals surface area contributed by atoms with Crippen molar-refractivity contribution in [1.29, 1.82) is 0 Å². The van der Waals surface area contributed by atoms with Crippen LogP contribution < -0.4 is 10.6 Å². The van der Waals surface area contributed by atoms with Crippen molar-refractivity contribution in [3.05, 3.63) is 47.8 Å². The van der Waals surface area contributed by atoms with E-state index in [-0.39, 0.29) is 18.3 Å². The molecule has 5 nitrogen and oxygen atoms in total. The number of aromatic nitrogens is 2. The highest BCUT2D eigenvalue weighted by Gasteiger charge is 2.20. The topological polar surface area (TPSA) is 59.0 Å². The van der Waals surface area contributed by atoms with Crippen molar-refractivity contribution in [2.24, 2.45) is 0 Å². The summed E-state index contributed by atoms with van der Waals surface area (Å²) < 4.78 is 2.40. The lowest BCUT2D eigenvalue weighted by Crippen LogP contribution is -2.32. The Kier molecular flexibility index (Phi) is 6.92. The van der Waals surface area contributed by atoms with Crippen LogP contribution in [0.3, 0.4) is 0 Å². The third-order valence-electron chi connectivity index (χ3n) is 4.52. The first-order valence-electron chi connectivity index (χ1n) is 8.70. The summed E-state index contributed by atoms with van der Waals surface area (Å²) in [6, 6.07) is 10.3. The fourth-order valence-electron chi connectivity index (χ4n) is 3.23. The van der Waals surface area contributed by atoms with Crippen LogP contribution in [-0.4, -0.2) is 40.3 Å². The standard InChI is InChI=1S/C18H22N4OS2.ClH/c23-17(16-6-8-22(21-16)15-5-2-7-19-12-15)20-14-4-1-3-13(11-14)18-24-9-10-25-18;/h1,3-4,6,8,11,15,18-19H,2,5,7,9-10,12H2,(H,20,23);1H. The quantitative estimate of drug-likeness (QED) is 0.798. The molecule has 26 heavy (non-hydrogen) atoms. The molecule has 1 unspecified atom stereocenters. The summed E-state index contributed by atoms with van der Waals surface area (Å²) in [6.07, 6.45) is 4.17. The van der Waals surface area contributed by atoms with Crippen molar-refractivity contribution in [2.75, 3.05) is 29.9 Å². The molecule has 8 heteroatoms. The minimum atomic E-state index is -0.147. The lowest BCUT2D eigenvalue weighted by atomic mass is 10.1. The molecule has 4 rings (SSSR count). The van der Waals surface area contributed by atoms with E-state index in [0.29, 0.717) is 16.3 Å². The Morgan fingerprint density at radius 1 is 1.27 bits per heavy atom. The van der Waals surface area contributed by atoms with Gasteiger partial charge in [0.15, 0.2) is 5.69 Å². The van der Waals surface area contributed by atoms with Gasteiger partial charge in [-0.25, -0.2) is 0 Å². The van der Waals surface area contributed by atoms with Crippen molar-refractivity contribution < 1.29 is 4.79 Å². The van der Waals surface area contributed by atoms with Crippen molar-refractivity contribution in [2.45, 2.75) is 23.5 Å². The molecule has 0 saturated carbocycles. The second-order valence-corrected chi connectivity index (χ2v) is 9.06. The lowest BCUT2D eigenvalue weighted by Gasteiger charge is -2.22. The molecule has 140 valence electrons. The molecule has 3 heterocycles. The van der Waals surface area contributed by atoms with Gasteiger partial charge < -0.3 is 10.6 Å². The van der Waals surface area contributed by atoms with E-state index in [2.05, 4.69) is 27.9 Å². The second kappa shape index (κ2) is 9.17. The molecule has 2 N–H and O–H groups in total. The third-order valence-corrected chi connectivity index (χ3v) is 7.63. The number of hydrogen-bond acceptors (Lipinski definition) is 5. The summed E-state index contributed by atoms with van der Waals surface area (Å²) >= 11 is 3.93. The van der Waals surface area contributed by atoms with Crippen LogP contribution in [0.4, 0.5) is 5.69 Å². The van der Waals surface area contributed by atoms with E-state index in [1.165, 1.54) is 17.1 Å². The SMILES string of the molecule is Cl.O=C(Nc1cccc(C2SCCS2)c1)c1ccn(C2CCCNC2)n1. The van der Waals surface area contributed by atoms with Gasteiger partial charge in [0.1, 0.15) is 0 Å². The zero-order valence-electron chi connectivity index (χ0n) is 14.4. The van der Waals surface area contributed by atoms with Gasteiger partial charge in [-0.2, -0.15) is 5.10 Å². The molecule has 0 aliphatic carbocycles. The molecule has 2 aromatic rings. The average molecular weight is 411 g/mol. The number of thioether (sulfide) groups is 2. The fourth-order valence-corrected chi connectivity index (χ4v) is 6.07. The number of halogens is 1. The number of piperidine rings is 1. The number of carbonyl (C=O) groups is 1. The van der Waals surface area contributed by atoms with Gasteiger partial charge in [0.05, 0.1) is 10.6 Å². The first-order valence-corrected chi connectivity index (χ1v) is 10.8. The number of nitrogens with one attached hydrogen (secondary N) is 2. The van der Waals surface area contributed by atoms with Crippen LogP contribution in [0.1, 0.15) is 39.5 Å². The van der Waals surface area contributed by atoms with Crippen molar-refractivity contribution in [3.8, 4) is 0 Å². The molecule has 2 saturated heterocycles. The van der Waals surface area contributed by atoms with Crippen molar-refractivity contribution in [3.63, 3.8) is 0 Å². The Labute approximate surface area is 168 Å². The van der Waals surface area contributed by atoms with E-state index in [1.54, 1.807) is 6.07 Å². The van der Waals surface area contributed by atoms with Crippen molar-refractivity contribution >= 4 is 47.5 Å². The number of anilines is 1. The predicted octanol–water partition coefficient (Wildman–Crippen LogP) is 3.96. The first kappa shape index (κ1) is 19.6. The zero-order valence-corrected chi connectivity index (χ0v) is 16.8. The summed E-state index contributed by atoms with van der Waals surface area (Å²) in [7, 11) is 0. The van der Waals surface area contributed by atoms with Crippen LogP contribution in [-0.2, 0) is 0 Å². The molecule has 0 spiro atoms. The Bertz CT molecular complexity index is 742. The van der Waals surface area contributed by atoms with E-state index in [9.17, 15) is 4.79 Å². The summed E-state index contributed by atoms with van der Waals surface area (Å²) in [5.74, 6) is 2.24. The largest absolute Gasteiger partial charge is 0.321 e. The number of nitrogens with zero attached hydrogens (tertiary/aromatic N) is 2. The summed E-state index contributed by atoms with van der Waals surface area (Å²) in [5, 5.41) is 10.9. The van der Waals surface area contributed by atoms with E-state index in [0.717, 1.165) is 31.6 Å². The molecule has 0 bridgehead atoms. The Hall–Kier alpha value is -1.15. The van der Waals surface area contributed by atoms with Crippen LogP contribution in [0.5, 0.6) is 0 Å². The minimum absolute atomic E-state index is 0. The van der Waals surface area contributed by atoms with Gasteiger partial charge in [0, 0.05) is 29.9 Å². The van der Waals surface area contributed by atoms with Gasteiger partial charge in [0.25, 0.3) is 5.91 Å². The number of benzene rings is 1. The second-order valence-electron chi connectivity index (χ2n) is 6.33.